The molecule has 3 rings (SSSR count). The van der Waals surface area contributed by atoms with E-state index in [2.05, 4.69) is 15.3 Å². The molecule has 0 aliphatic rings. The number of carbonyl (C=O) groups excluding carboxylic acids is 1. The van der Waals surface area contributed by atoms with Crippen LogP contribution < -0.4 is 27.3 Å². The van der Waals surface area contributed by atoms with E-state index in [9.17, 15) is 4.79 Å². The Labute approximate surface area is 154 Å². The fraction of sp³-hybridized carbons (Fsp3) is 0.0556. The van der Waals surface area contributed by atoms with Crippen LogP contribution in [0.25, 0.3) is 11.0 Å². The molecule has 7 N–H and O–H groups in total. The molecule has 0 aliphatic carbocycles. The van der Waals surface area contributed by atoms with E-state index in [0.717, 1.165) is 5.39 Å². The number of methoxy groups -OCH3 is 1. The normalized spacial score (nSPS) is 11.2. The minimum atomic E-state index is -0.402. The second-order valence-corrected chi connectivity index (χ2v) is 5.49. The predicted octanol–water partition coefficient (Wildman–Crippen LogP) is 1.91. The van der Waals surface area contributed by atoms with Crippen molar-refractivity contribution in [1.82, 2.24) is 0 Å². The van der Waals surface area contributed by atoms with Gasteiger partial charge >= 0.3 is 0 Å². The van der Waals surface area contributed by atoms with Gasteiger partial charge in [0.25, 0.3) is 5.91 Å². The van der Waals surface area contributed by atoms with Gasteiger partial charge in [-0.15, -0.1) is 0 Å². The highest BCUT2D eigenvalue weighted by atomic mass is 16.5. The standard InChI is InChI=1S/C18H18N6O3/c1-26-14-9-11(22-18(21)24-17(19)20)6-7-12(14)23-16(25)15-8-10-4-2-3-5-13(10)27-15/h2-9H,1H3,(H,23,25)(H6,19,20,21,22,24). The van der Waals surface area contributed by atoms with Crippen molar-refractivity contribution in [3.8, 4) is 5.75 Å². The van der Waals surface area contributed by atoms with Crippen LogP contribution in [-0.2, 0) is 0 Å². The van der Waals surface area contributed by atoms with Crippen LogP contribution in [0.1, 0.15) is 10.6 Å². The number of fused-ring (bicyclic) bond motifs is 1. The first-order valence-electron chi connectivity index (χ1n) is 7.88. The Bertz CT molecular complexity index is 1020. The molecule has 0 radical (unpaired) electrons. The number of aliphatic imine (C=N–C) groups is 2. The Hall–Kier alpha value is -4.01. The van der Waals surface area contributed by atoms with Crippen LogP contribution in [0.3, 0.4) is 0 Å². The molecule has 0 spiro atoms. The lowest BCUT2D eigenvalue weighted by molar-refractivity contribution is 0.0998. The fourth-order valence-electron chi connectivity index (χ4n) is 2.42. The Morgan fingerprint density at radius 1 is 1.11 bits per heavy atom. The topological polar surface area (TPSA) is 154 Å². The summed E-state index contributed by atoms with van der Waals surface area (Å²) in [5.74, 6) is -0.120. The van der Waals surface area contributed by atoms with Gasteiger partial charge < -0.3 is 31.7 Å². The molecule has 0 bridgehead atoms. The van der Waals surface area contributed by atoms with Crippen molar-refractivity contribution in [3.05, 3.63) is 54.3 Å². The summed E-state index contributed by atoms with van der Waals surface area (Å²) in [5, 5.41) is 3.59. The van der Waals surface area contributed by atoms with Gasteiger partial charge in [-0.25, -0.2) is 4.99 Å². The number of nitrogens with one attached hydrogen (secondary N) is 1. The number of ether oxygens (including phenoxy) is 1. The number of para-hydroxylation sites is 1. The van der Waals surface area contributed by atoms with Crippen molar-refractivity contribution < 1.29 is 13.9 Å². The molecule has 0 atom stereocenters. The minimum Gasteiger partial charge on any atom is -0.494 e. The number of anilines is 1. The van der Waals surface area contributed by atoms with Gasteiger partial charge in [0.2, 0.25) is 5.96 Å². The first kappa shape index (κ1) is 17.8. The molecule has 0 unspecified atom stereocenters. The maximum absolute atomic E-state index is 12.5. The van der Waals surface area contributed by atoms with Crippen molar-refractivity contribution >= 4 is 40.2 Å². The van der Waals surface area contributed by atoms with Crippen LogP contribution in [0.15, 0.2) is 62.9 Å². The highest BCUT2D eigenvalue weighted by Gasteiger charge is 2.15. The van der Waals surface area contributed by atoms with Crippen LogP contribution in [0.4, 0.5) is 11.4 Å². The van der Waals surface area contributed by atoms with E-state index in [-0.39, 0.29) is 17.7 Å². The third-order valence-electron chi connectivity index (χ3n) is 3.57. The Morgan fingerprint density at radius 2 is 1.89 bits per heavy atom. The number of rotatable bonds is 4. The van der Waals surface area contributed by atoms with E-state index in [1.165, 1.54) is 7.11 Å². The van der Waals surface area contributed by atoms with Gasteiger partial charge in [-0.1, -0.05) is 18.2 Å². The van der Waals surface area contributed by atoms with Gasteiger partial charge in [-0.3, -0.25) is 4.79 Å². The number of guanidine groups is 2. The summed E-state index contributed by atoms with van der Waals surface area (Å²) in [7, 11) is 1.47. The van der Waals surface area contributed by atoms with Crippen molar-refractivity contribution in [2.75, 3.05) is 12.4 Å². The van der Waals surface area contributed by atoms with Crippen LogP contribution >= 0.6 is 0 Å². The summed E-state index contributed by atoms with van der Waals surface area (Å²) in [6.45, 7) is 0. The van der Waals surface area contributed by atoms with E-state index < -0.39 is 5.91 Å². The van der Waals surface area contributed by atoms with Gasteiger partial charge in [0.05, 0.1) is 18.5 Å². The molecule has 0 aliphatic heterocycles. The third-order valence-corrected chi connectivity index (χ3v) is 3.57. The van der Waals surface area contributed by atoms with Crippen LogP contribution in [0.2, 0.25) is 0 Å². The molecule has 138 valence electrons. The number of benzene rings is 2. The molecule has 1 heterocycles. The minimum absolute atomic E-state index is 0.101. The molecule has 0 saturated heterocycles. The number of amides is 1. The summed E-state index contributed by atoms with van der Waals surface area (Å²) in [5.41, 5.74) is 17.6. The van der Waals surface area contributed by atoms with E-state index in [4.69, 9.17) is 26.4 Å². The second-order valence-electron chi connectivity index (χ2n) is 5.49. The number of hydrogen-bond donors (Lipinski definition) is 4. The lowest BCUT2D eigenvalue weighted by Gasteiger charge is -2.10. The number of nitrogens with zero attached hydrogens (tertiary/aromatic N) is 2. The summed E-state index contributed by atoms with van der Waals surface area (Å²) >= 11 is 0. The molecule has 0 fully saturated rings. The maximum Gasteiger partial charge on any atom is 0.291 e. The summed E-state index contributed by atoms with van der Waals surface area (Å²) in [6.07, 6.45) is 0. The van der Waals surface area contributed by atoms with E-state index in [1.54, 1.807) is 30.3 Å². The maximum atomic E-state index is 12.5. The molecule has 9 nitrogen and oxygen atoms in total. The van der Waals surface area contributed by atoms with E-state index in [1.807, 2.05) is 18.2 Å². The third kappa shape index (κ3) is 4.15. The lowest BCUT2D eigenvalue weighted by Crippen LogP contribution is -2.26. The second kappa shape index (κ2) is 7.48. The van der Waals surface area contributed by atoms with Crippen molar-refractivity contribution in [1.29, 1.82) is 0 Å². The van der Waals surface area contributed by atoms with Gasteiger partial charge in [0.15, 0.2) is 11.7 Å². The quantitative estimate of drug-likeness (QED) is 0.408. The molecule has 27 heavy (non-hydrogen) atoms. The molecule has 3 aromatic rings. The zero-order chi connectivity index (χ0) is 19.4. The molecule has 2 aromatic carbocycles. The highest BCUT2D eigenvalue weighted by Crippen LogP contribution is 2.30. The van der Waals surface area contributed by atoms with Gasteiger partial charge in [-0.2, -0.15) is 4.99 Å². The predicted molar refractivity (Wildman–Crippen MR) is 104 cm³/mol. The molecule has 1 aromatic heterocycles. The molecule has 9 heteroatoms. The average molecular weight is 366 g/mol. The van der Waals surface area contributed by atoms with Gasteiger partial charge in [0, 0.05) is 11.5 Å². The lowest BCUT2D eigenvalue weighted by atomic mass is 10.2. The number of carbonyl (C=O) groups is 1. The van der Waals surface area contributed by atoms with Gasteiger partial charge in [0.1, 0.15) is 11.3 Å². The number of furan rings is 1. The van der Waals surface area contributed by atoms with Crippen molar-refractivity contribution in [2.24, 2.45) is 27.2 Å². The zero-order valence-electron chi connectivity index (χ0n) is 14.5. The van der Waals surface area contributed by atoms with Crippen LogP contribution in [-0.4, -0.2) is 24.9 Å². The summed E-state index contributed by atoms with van der Waals surface area (Å²) in [6, 6.07) is 13.9. The smallest absolute Gasteiger partial charge is 0.291 e. The molecule has 1 amide bonds. The number of nitrogens with two attached hydrogens (primary N) is 3. The Kier molecular flexibility index (Phi) is 4.93. The van der Waals surface area contributed by atoms with Crippen molar-refractivity contribution in [2.45, 2.75) is 0 Å². The monoisotopic (exact) mass is 366 g/mol. The van der Waals surface area contributed by atoms with Crippen LogP contribution in [0, 0.1) is 0 Å². The number of hydrogen-bond acceptors (Lipinski definition) is 4. The van der Waals surface area contributed by atoms with Crippen molar-refractivity contribution in [3.63, 3.8) is 0 Å². The first-order valence-corrected chi connectivity index (χ1v) is 7.88. The van der Waals surface area contributed by atoms with E-state index >= 15 is 0 Å². The molecular weight excluding hydrogens is 348 g/mol. The highest BCUT2D eigenvalue weighted by molar-refractivity contribution is 6.05. The Balaban J connectivity index is 1.84. The van der Waals surface area contributed by atoms with Gasteiger partial charge in [-0.05, 0) is 24.3 Å². The summed E-state index contributed by atoms with van der Waals surface area (Å²) < 4.78 is 10.9. The van der Waals surface area contributed by atoms with E-state index in [0.29, 0.717) is 22.7 Å². The SMILES string of the molecule is COc1cc(N=C(N)N=C(N)N)ccc1NC(=O)c1cc2ccccc2o1. The zero-order valence-corrected chi connectivity index (χ0v) is 14.5. The Morgan fingerprint density at radius 3 is 2.59 bits per heavy atom. The fourth-order valence-corrected chi connectivity index (χ4v) is 2.42. The average Bonchev–Trinajstić information content (AvgIpc) is 3.06. The molecular formula is C18H18N6O3. The first-order chi connectivity index (χ1) is 13.0. The van der Waals surface area contributed by atoms with Crippen LogP contribution in [0.5, 0.6) is 5.75 Å². The summed E-state index contributed by atoms with van der Waals surface area (Å²) in [4.78, 5) is 20.2. The molecule has 0 saturated carbocycles. The largest absolute Gasteiger partial charge is 0.494 e.